The van der Waals surface area contributed by atoms with Crippen molar-refractivity contribution < 1.29 is 82.3 Å². The van der Waals surface area contributed by atoms with Crippen LogP contribution in [0.2, 0.25) is 0 Å². The van der Waals surface area contributed by atoms with Crippen molar-refractivity contribution in [2.24, 2.45) is 0 Å². The minimum absolute atomic E-state index is 0. The van der Waals surface area contributed by atoms with E-state index in [-0.39, 0.29) is 63.2 Å². The van der Waals surface area contributed by atoms with Crippen LogP contribution in [-0.4, -0.2) is 23.2 Å². The normalized spacial score (nSPS) is 8.30. The molecule has 0 aliphatic heterocycles. The SMILES string of the molecule is COCP(=O)(O)O.[W].[W].[W]. The number of methoxy groups -OCH3 is 1. The molecule has 4 nitrogen and oxygen atoms in total. The molecule has 0 aromatic rings. The van der Waals surface area contributed by atoms with E-state index < -0.39 is 13.9 Å². The second-order valence-electron chi connectivity index (χ2n) is 1.08. The Kier molecular flexibility index (Phi) is 25.4. The third-order valence-electron chi connectivity index (χ3n) is 0.297. The molecule has 8 heteroatoms. The molecule has 0 aliphatic carbocycles. The molecule has 0 saturated heterocycles. The second-order valence-corrected chi connectivity index (χ2v) is 2.67. The first-order valence-corrected chi connectivity index (χ1v) is 3.39. The van der Waals surface area contributed by atoms with Crippen LogP contribution in [0.1, 0.15) is 0 Å². The van der Waals surface area contributed by atoms with E-state index >= 15 is 0 Å². The van der Waals surface area contributed by atoms with Crippen molar-refractivity contribution in [3.63, 3.8) is 0 Å². The first-order chi connectivity index (χ1) is 3.06. The van der Waals surface area contributed by atoms with Crippen molar-refractivity contribution in [3.8, 4) is 0 Å². The summed E-state index contributed by atoms with van der Waals surface area (Å²) in [6, 6.07) is 0. The molecule has 0 aromatic carbocycles. The van der Waals surface area contributed by atoms with Gasteiger partial charge in [0.1, 0.15) is 6.35 Å². The Labute approximate surface area is 102 Å². The molecule has 0 unspecified atom stereocenters. The summed E-state index contributed by atoms with van der Waals surface area (Å²) in [5.74, 6) is 0. The van der Waals surface area contributed by atoms with Crippen molar-refractivity contribution in [1.82, 2.24) is 0 Å². The van der Waals surface area contributed by atoms with Gasteiger partial charge in [0.25, 0.3) is 0 Å². The maximum Gasteiger partial charge on any atom is 0.350 e. The maximum atomic E-state index is 9.80. The minimum atomic E-state index is -3.89. The van der Waals surface area contributed by atoms with Crippen LogP contribution < -0.4 is 0 Å². The first kappa shape index (κ1) is 22.8. The standard InChI is InChI=1S/C2H7O4P.3W/c1-6-2-7(3,4)5;;;/h2H2,1H3,(H2,3,4,5);;;. The monoisotopic (exact) mass is 678 g/mol. The molecule has 0 amide bonds. The van der Waals surface area contributed by atoms with E-state index in [2.05, 4.69) is 4.74 Å². The molecular weight excluding hydrogens is 671 g/mol. The minimum Gasteiger partial charge on any atom is -0.372 e. The summed E-state index contributed by atoms with van der Waals surface area (Å²) >= 11 is 0. The predicted molar refractivity (Wildman–Crippen MR) is 23.9 cm³/mol. The Morgan fingerprint density at radius 2 is 1.60 bits per heavy atom. The molecule has 0 atom stereocenters. The number of hydrogen-bond acceptors (Lipinski definition) is 2. The Morgan fingerprint density at radius 1 is 1.30 bits per heavy atom. The van der Waals surface area contributed by atoms with Crippen LogP contribution >= 0.6 is 7.60 Å². The number of rotatable bonds is 2. The largest absolute Gasteiger partial charge is 0.372 e. The van der Waals surface area contributed by atoms with Gasteiger partial charge in [-0.25, -0.2) is 0 Å². The fourth-order valence-corrected chi connectivity index (χ4v) is 0.505. The number of hydrogen-bond donors (Lipinski definition) is 2. The van der Waals surface area contributed by atoms with Crippen molar-refractivity contribution in [2.45, 2.75) is 0 Å². The fourth-order valence-electron chi connectivity index (χ4n) is 0.168. The van der Waals surface area contributed by atoms with E-state index in [4.69, 9.17) is 9.79 Å². The van der Waals surface area contributed by atoms with Crippen LogP contribution in [0, 0.1) is 0 Å². The third-order valence-corrected chi connectivity index (χ3v) is 0.892. The second kappa shape index (κ2) is 11.2. The summed E-state index contributed by atoms with van der Waals surface area (Å²) in [6.45, 7) is 0. The van der Waals surface area contributed by atoms with Gasteiger partial charge < -0.3 is 14.5 Å². The zero-order valence-electron chi connectivity index (χ0n) is 5.09. The van der Waals surface area contributed by atoms with Crippen LogP contribution in [-0.2, 0) is 72.5 Å². The average molecular weight is 678 g/mol. The van der Waals surface area contributed by atoms with Crippen LogP contribution in [0.3, 0.4) is 0 Å². The van der Waals surface area contributed by atoms with Crippen molar-refractivity contribution in [1.29, 1.82) is 0 Å². The van der Waals surface area contributed by atoms with Gasteiger partial charge in [-0.05, 0) is 0 Å². The Morgan fingerprint density at radius 3 is 1.60 bits per heavy atom. The zero-order valence-corrected chi connectivity index (χ0v) is 14.8. The zero-order chi connectivity index (χ0) is 5.91. The van der Waals surface area contributed by atoms with Gasteiger partial charge in [0, 0.05) is 70.3 Å². The smallest absolute Gasteiger partial charge is 0.350 e. The van der Waals surface area contributed by atoms with Gasteiger partial charge in [-0.3, -0.25) is 4.57 Å². The van der Waals surface area contributed by atoms with E-state index in [0.29, 0.717) is 0 Å². The molecule has 0 aliphatic rings. The summed E-state index contributed by atoms with van der Waals surface area (Å²) in [7, 11) is -2.65. The van der Waals surface area contributed by atoms with Crippen molar-refractivity contribution >= 4 is 7.60 Å². The van der Waals surface area contributed by atoms with E-state index in [9.17, 15) is 4.57 Å². The molecule has 10 heavy (non-hydrogen) atoms. The molecule has 0 spiro atoms. The summed E-state index contributed by atoms with van der Waals surface area (Å²) < 4.78 is 13.9. The number of ether oxygens (including phenoxy) is 1. The van der Waals surface area contributed by atoms with Gasteiger partial charge in [0.15, 0.2) is 0 Å². The van der Waals surface area contributed by atoms with Crippen LogP contribution in [0.4, 0.5) is 0 Å². The van der Waals surface area contributed by atoms with Crippen LogP contribution in [0.15, 0.2) is 0 Å². The molecule has 0 saturated carbocycles. The molecule has 0 bridgehead atoms. The molecule has 62 valence electrons. The van der Waals surface area contributed by atoms with Gasteiger partial charge in [-0.1, -0.05) is 0 Å². The fraction of sp³-hybridized carbons (Fsp3) is 1.00. The first-order valence-electron chi connectivity index (χ1n) is 1.60. The Hall–Kier alpha value is 2.17. The van der Waals surface area contributed by atoms with Gasteiger partial charge in [0.05, 0.1) is 0 Å². The van der Waals surface area contributed by atoms with E-state index in [1.54, 1.807) is 0 Å². The van der Waals surface area contributed by atoms with Gasteiger partial charge in [-0.2, -0.15) is 0 Å². The van der Waals surface area contributed by atoms with Gasteiger partial charge >= 0.3 is 7.60 Å². The third kappa shape index (κ3) is 22.5. The summed E-state index contributed by atoms with van der Waals surface area (Å²) in [5, 5.41) is 0. The van der Waals surface area contributed by atoms with Gasteiger partial charge in [0.2, 0.25) is 0 Å². The Bertz CT molecular complexity index is 92.5. The maximum absolute atomic E-state index is 9.80. The molecule has 2 N–H and O–H groups in total. The quantitative estimate of drug-likeness (QED) is 0.397. The summed E-state index contributed by atoms with van der Waals surface area (Å²) in [6.07, 6.45) is -0.493. The molecule has 0 aromatic heterocycles. The van der Waals surface area contributed by atoms with E-state index in [0.717, 1.165) is 0 Å². The molecule has 0 rings (SSSR count). The molecule has 0 radical (unpaired) electrons. The van der Waals surface area contributed by atoms with Crippen LogP contribution in [0.5, 0.6) is 0 Å². The van der Waals surface area contributed by atoms with Crippen molar-refractivity contribution in [3.05, 3.63) is 0 Å². The molecule has 0 heterocycles. The summed E-state index contributed by atoms with van der Waals surface area (Å²) in [4.78, 5) is 16.0. The van der Waals surface area contributed by atoms with Crippen molar-refractivity contribution in [2.75, 3.05) is 13.5 Å². The van der Waals surface area contributed by atoms with Gasteiger partial charge in [-0.15, -0.1) is 0 Å². The molecule has 0 fully saturated rings. The summed E-state index contributed by atoms with van der Waals surface area (Å²) in [5.41, 5.74) is 0. The van der Waals surface area contributed by atoms with E-state index in [1.165, 1.54) is 7.11 Å². The Balaban J connectivity index is -0.0000000600. The average Bonchev–Trinajstić information content (AvgIpc) is 1.30. The van der Waals surface area contributed by atoms with E-state index in [1.807, 2.05) is 0 Å². The molecular formula is C2H7O4PW3. The topological polar surface area (TPSA) is 66.8 Å². The predicted octanol–water partition coefficient (Wildman–Crippen LogP) is -0.239. The van der Waals surface area contributed by atoms with Crippen LogP contribution in [0.25, 0.3) is 0 Å².